The highest BCUT2D eigenvalue weighted by Crippen LogP contribution is 2.31. The number of aromatic nitrogens is 2. The molecule has 1 aliphatic rings. The van der Waals surface area contributed by atoms with Crippen molar-refractivity contribution in [1.82, 2.24) is 14.7 Å². The number of fused-ring (bicyclic) bond motifs is 1. The Bertz CT molecular complexity index is 1430. The third kappa shape index (κ3) is 4.67. The molecule has 182 valence electrons. The molecule has 0 aliphatic carbocycles. The van der Waals surface area contributed by atoms with Gasteiger partial charge in [-0.15, -0.1) is 0 Å². The molecular weight excluding hydrogens is 481 g/mol. The minimum Gasteiger partial charge on any atom is -0.316 e. The van der Waals surface area contributed by atoms with Crippen molar-refractivity contribution in [3.8, 4) is 5.69 Å². The Morgan fingerprint density at radius 2 is 1.89 bits per heavy atom. The van der Waals surface area contributed by atoms with Gasteiger partial charge in [0.15, 0.2) is 0 Å². The predicted molar refractivity (Wildman–Crippen MR) is 137 cm³/mol. The minimum atomic E-state index is -0.436. The number of hydrogen-bond acceptors (Lipinski definition) is 3. The number of benzene rings is 3. The highest BCUT2D eigenvalue weighted by atomic mass is 35.5. The van der Waals surface area contributed by atoms with Gasteiger partial charge in [-0.2, -0.15) is 5.10 Å². The second-order valence-corrected chi connectivity index (χ2v) is 8.98. The number of anilines is 2. The van der Waals surface area contributed by atoms with Crippen LogP contribution in [0.15, 0.2) is 85.2 Å². The monoisotopic (exact) mass is 503 g/mol. The third-order valence-corrected chi connectivity index (χ3v) is 6.45. The molecule has 2 heterocycles. The van der Waals surface area contributed by atoms with Crippen LogP contribution in [0.4, 0.5) is 20.6 Å². The molecule has 9 heteroatoms. The minimum absolute atomic E-state index is 0.254. The van der Waals surface area contributed by atoms with Gasteiger partial charge in [0.2, 0.25) is 0 Å². The second-order valence-electron chi connectivity index (χ2n) is 8.58. The van der Waals surface area contributed by atoms with Crippen molar-refractivity contribution in [2.24, 2.45) is 0 Å². The van der Waals surface area contributed by atoms with Gasteiger partial charge in [-0.25, -0.2) is 13.9 Å². The Balaban J connectivity index is 1.44. The summed E-state index contributed by atoms with van der Waals surface area (Å²) in [6.45, 7) is 2.41. The Kier molecular flexibility index (Phi) is 6.43. The van der Waals surface area contributed by atoms with Gasteiger partial charge >= 0.3 is 6.03 Å². The lowest BCUT2D eigenvalue weighted by atomic mass is 10.1. The van der Waals surface area contributed by atoms with Crippen LogP contribution < -0.4 is 10.2 Å². The van der Waals surface area contributed by atoms with Crippen LogP contribution in [0.5, 0.6) is 0 Å². The lowest BCUT2D eigenvalue weighted by molar-refractivity contribution is 0.0980. The molecule has 1 N–H and O–H groups in total. The summed E-state index contributed by atoms with van der Waals surface area (Å²) in [6.07, 6.45) is 3.46. The molecule has 5 rings (SSSR count). The smallest absolute Gasteiger partial charge is 0.316 e. The molecule has 0 bridgehead atoms. The Labute approximate surface area is 212 Å². The first-order chi connectivity index (χ1) is 17.4. The van der Waals surface area contributed by atoms with Crippen molar-refractivity contribution in [3.63, 3.8) is 0 Å². The molecule has 1 aromatic heterocycles. The molecule has 0 spiro atoms. The van der Waals surface area contributed by atoms with Crippen molar-refractivity contribution >= 4 is 34.9 Å². The fourth-order valence-corrected chi connectivity index (χ4v) is 4.58. The molecule has 0 fully saturated rings. The number of amides is 3. The van der Waals surface area contributed by atoms with Crippen molar-refractivity contribution in [3.05, 3.63) is 107 Å². The van der Waals surface area contributed by atoms with Gasteiger partial charge in [0, 0.05) is 42.9 Å². The van der Waals surface area contributed by atoms with Crippen LogP contribution in [0.3, 0.4) is 0 Å². The molecule has 7 nitrogen and oxygen atoms in total. The lowest BCUT2D eigenvalue weighted by Crippen LogP contribution is -2.46. The van der Waals surface area contributed by atoms with E-state index in [1.807, 2.05) is 31.2 Å². The van der Waals surface area contributed by atoms with E-state index >= 15 is 0 Å². The number of nitrogens with zero attached hydrogens (tertiary/aromatic N) is 4. The summed E-state index contributed by atoms with van der Waals surface area (Å²) in [6, 6.07) is 19.5. The third-order valence-electron chi connectivity index (χ3n) is 6.14. The second kappa shape index (κ2) is 9.83. The van der Waals surface area contributed by atoms with Gasteiger partial charge in [0.1, 0.15) is 5.82 Å². The first-order valence-corrected chi connectivity index (χ1v) is 11.8. The molecule has 36 heavy (non-hydrogen) atoms. The summed E-state index contributed by atoms with van der Waals surface area (Å²) in [7, 11) is 0. The maximum absolute atomic E-state index is 13.7. The molecule has 3 aromatic carbocycles. The largest absolute Gasteiger partial charge is 0.322 e. The number of para-hydroxylation sites is 1. The average molecular weight is 504 g/mol. The average Bonchev–Trinajstić information content (AvgIpc) is 3.36. The number of nitrogens with one attached hydrogen (secondary N) is 1. The van der Waals surface area contributed by atoms with Gasteiger partial charge in [-0.05, 0) is 61.0 Å². The fraction of sp³-hybridized carbons (Fsp3) is 0.148. The zero-order chi connectivity index (χ0) is 25.2. The van der Waals surface area contributed by atoms with Gasteiger partial charge in [-0.1, -0.05) is 35.9 Å². The molecule has 0 radical (unpaired) electrons. The van der Waals surface area contributed by atoms with Crippen molar-refractivity contribution in [2.75, 3.05) is 16.8 Å². The van der Waals surface area contributed by atoms with Crippen LogP contribution >= 0.6 is 11.6 Å². The molecule has 0 unspecified atom stereocenters. The topological polar surface area (TPSA) is 70.5 Å². The predicted octanol–water partition coefficient (Wildman–Crippen LogP) is 5.75. The summed E-state index contributed by atoms with van der Waals surface area (Å²) in [5, 5.41) is 7.27. The lowest BCUT2D eigenvalue weighted by Gasteiger charge is -2.29. The van der Waals surface area contributed by atoms with Gasteiger partial charge in [0.25, 0.3) is 5.91 Å². The van der Waals surface area contributed by atoms with Crippen LogP contribution in [-0.2, 0) is 6.54 Å². The van der Waals surface area contributed by atoms with Crippen LogP contribution in [0, 0.1) is 5.82 Å². The summed E-state index contributed by atoms with van der Waals surface area (Å²) in [5.41, 5.74) is 2.98. The molecule has 1 aliphatic heterocycles. The zero-order valence-electron chi connectivity index (χ0n) is 19.4. The van der Waals surface area contributed by atoms with Gasteiger partial charge < -0.3 is 15.1 Å². The quantitative estimate of drug-likeness (QED) is 0.387. The molecule has 3 amide bonds. The van der Waals surface area contributed by atoms with Crippen LogP contribution in [0.1, 0.15) is 22.8 Å². The summed E-state index contributed by atoms with van der Waals surface area (Å²) in [4.78, 5) is 30.2. The first-order valence-electron chi connectivity index (χ1n) is 11.4. The number of carbonyl (C=O) groups excluding carboxylic acids is 2. The fourth-order valence-electron chi connectivity index (χ4n) is 4.32. The first kappa shape index (κ1) is 23.6. The summed E-state index contributed by atoms with van der Waals surface area (Å²) in [5.74, 6) is -0.701. The number of halogens is 2. The molecule has 0 saturated carbocycles. The van der Waals surface area contributed by atoms with Crippen LogP contribution in [0.25, 0.3) is 5.69 Å². The summed E-state index contributed by atoms with van der Waals surface area (Å²) >= 11 is 6.55. The molecular formula is C27H23ClFN5O2. The van der Waals surface area contributed by atoms with Gasteiger partial charge in [-0.3, -0.25) is 4.79 Å². The van der Waals surface area contributed by atoms with E-state index in [0.717, 1.165) is 11.3 Å². The normalized spacial score (nSPS) is 15.2. The van der Waals surface area contributed by atoms with E-state index in [1.165, 1.54) is 18.2 Å². The van der Waals surface area contributed by atoms with Crippen LogP contribution in [0.2, 0.25) is 5.02 Å². The van der Waals surface area contributed by atoms with E-state index in [-0.39, 0.29) is 31.1 Å². The highest BCUT2D eigenvalue weighted by molar-refractivity contribution is 6.34. The van der Waals surface area contributed by atoms with Crippen LogP contribution in [-0.4, -0.2) is 39.2 Å². The molecule has 0 saturated heterocycles. The van der Waals surface area contributed by atoms with E-state index in [1.54, 1.807) is 57.2 Å². The maximum Gasteiger partial charge on any atom is 0.322 e. The number of hydrogen-bond donors (Lipinski definition) is 1. The number of urea groups is 1. The molecule has 4 aromatic rings. The van der Waals surface area contributed by atoms with Crippen molar-refractivity contribution in [1.29, 1.82) is 0 Å². The zero-order valence-corrected chi connectivity index (χ0v) is 20.2. The highest BCUT2D eigenvalue weighted by Gasteiger charge is 2.32. The number of carbonyl (C=O) groups is 2. The Hall–Kier alpha value is -4.17. The van der Waals surface area contributed by atoms with E-state index in [4.69, 9.17) is 11.6 Å². The standard InChI is InChI=1S/C27H23ClFN5O2/c1-18-16-33(26(35)23-11-10-22(15-24(23)28)34-13-5-12-30-34)25-9-3-2-6-19(25)17-32(18)27(36)31-21-8-4-7-20(29)14-21/h2-15,18H,16-17H2,1H3,(H,31,36)/t18-/m1/s1. The van der Waals surface area contributed by atoms with E-state index in [9.17, 15) is 14.0 Å². The number of rotatable bonds is 3. The van der Waals surface area contributed by atoms with Gasteiger partial charge in [0.05, 0.1) is 16.3 Å². The van der Waals surface area contributed by atoms with E-state index in [0.29, 0.717) is 22.0 Å². The van der Waals surface area contributed by atoms with E-state index < -0.39 is 5.82 Å². The molecule has 1 atom stereocenters. The van der Waals surface area contributed by atoms with Crippen molar-refractivity contribution in [2.45, 2.75) is 19.5 Å². The maximum atomic E-state index is 13.7. The Morgan fingerprint density at radius 3 is 2.64 bits per heavy atom. The van der Waals surface area contributed by atoms with E-state index in [2.05, 4.69) is 10.4 Å². The SMILES string of the molecule is C[C@@H]1CN(C(=O)c2ccc(-n3cccn3)cc2Cl)c2ccccc2CN1C(=O)Nc1cccc(F)c1. The van der Waals surface area contributed by atoms with Crippen molar-refractivity contribution < 1.29 is 14.0 Å². The summed E-state index contributed by atoms with van der Waals surface area (Å²) < 4.78 is 15.3. The Morgan fingerprint density at radius 1 is 1.06 bits per heavy atom.